The van der Waals surface area contributed by atoms with Gasteiger partial charge in [0.2, 0.25) is 0 Å². The number of fused-ring (bicyclic) bond motifs is 6. The van der Waals surface area contributed by atoms with Crippen molar-refractivity contribution in [2.45, 2.75) is 0 Å². The number of halogens is 3. The summed E-state index contributed by atoms with van der Waals surface area (Å²) in [6.45, 7) is 10.4. The van der Waals surface area contributed by atoms with Gasteiger partial charge in [-0.15, -0.1) is 0 Å². The largest absolute Gasteiger partial charge is 0.423 e. The Morgan fingerprint density at radius 1 is 0.427 bits per heavy atom. The van der Waals surface area contributed by atoms with E-state index in [4.69, 9.17) is 29.2 Å². The number of hydrogen-bond donors (Lipinski definition) is 0. The molecule has 0 radical (unpaired) electrons. The molecule has 0 spiro atoms. The number of nitriles is 3. The van der Waals surface area contributed by atoms with Crippen molar-refractivity contribution >= 4 is 51.0 Å². The third-order valence-electron chi connectivity index (χ3n) is 11.8. The Labute approximate surface area is 422 Å². The number of imidazole rings is 3. The summed E-state index contributed by atoms with van der Waals surface area (Å²) in [4.78, 5) is 52.6. The van der Waals surface area contributed by atoms with E-state index in [1.54, 1.807) is 50.1 Å². The first kappa shape index (κ1) is 47.5. The Kier molecular flexibility index (Phi) is 12.2. The van der Waals surface area contributed by atoms with Crippen molar-refractivity contribution < 1.29 is 41.8 Å². The van der Waals surface area contributed by atoms with Gasteiger partial charge in [-0.05, 0) is 127 Å². The molecule has 0 fully saturated rings. The Hall–Kier alpha value is -11.2. The van der Waals surface area contributed by atoms with Gasteiger partial charge in [0.05, 0.1) is 16.7 Å². The SMILES string of the molecule is C=CC(=O)Oc1ccc(-n2c(-c3ccc(C#N)c(F)c3)nc3c2c2nc(-c4ccc(C#N)c(F)c4)n(-c4ccc(OC(=O)C=C)cc4)c2c2nc(-c4ccc(C#N)c(F)c4)n(-c4ccc(OC(=O)C=C)cc4)c32)cc1. The molecule has 0 atom stereocenters. The molecule has 0 bridgehead atoms. The van der Waals surface area contributed by atoms with Gasteiger partial charge in [-0.1, -0.05) is 19.7 Å². The highest BCUT2D eigenvalue weighted by atomic mass is 19.1. The molecule has 15 nitrogen and oxygen atoms in total. The van der Waals surface area contributed by atoms with Gasteiger partial charge in [-0.25, -0.2) is 42.5 Å². The summed E-state index contributed by atoms with van der Waals surface area (Å²) in [6, 6.07) is 36.0. The lowest BCUT2D eigenvalue weighted by Crippen LogP contribution is -2.04. The molecule has 0 saturated heterocycles. The van der Waals surface area contributed by atoms with Gasteiger partial charge in [0.25, 0.3) is 0 Å². The highest BCUT2D eigenvalue weighted by Gasteiger charge is 2.31. The van der Waals surface area contributed by atoms with E-state index in [1.807, 2.05) is 18.2 Å². The van der Waals surface area contributed by atoms with Crippen LogP contribution < -0.4 is 14.2 Å². The Bertz CT molecular complexity index is 3770. The van der Waals surface area contributed by atoms with Gasteiger partial charge in [0.15, 0.2) is 0 Å². The van der Waals surface area contributed by atoms with Crippen LogP contribution in [0.2, 0.25) is 0 Å². The Balaban J connectivity index is 1.44. The van der Waals surface area contributed by atoms with Crippen LogP contribution >= 0.6 is 0 Å². The smallest absolute Gasteiger partial charge is 0.335 e. The maximum absolute atomic E-state index is 15.9. The fourth-order valence-electron chi connectivity index (χ4n) is 8.44. The summed E-state index contributed by atoms with van der Waals surface area (Å²) >= 11 is 0. The second-order valence-corrected chi connectivity index (χ2v) is 16.2. The van der Waals surface area contributed by atoms with Gasteiger partial charge in [0.1, 0.15) is 103 Å². The number of carbonyl (C=O) groups is 3. The van der Waals surface area contributed by atoms with E-state index in [1.165, 1.54) is 72.8 Å². The zero-order valence-electron chi connectivity index (χ0n) is 38.6. The molecule has 0 amide bonds. The summed E-state index contributed by atoms with van der Waals surface area (Å²) in [6.07, 6.45) is 2.99. The lowest BCUT2D eigenvalue weighted by atomic mass is 10.1. The van der Waals surface area contributed by atoms with Crippen molar-refractivity contribution in [3.8, 4) is 86.7 Å². The number of benzene rings is 7. The second-order valence-electron chi connectivity index (χ2n) is 16.2. The van der Waals surface area contributed by atoms with E-state index < -0.39 is 35.4 Å². The van der Waals surface area contributed by atoms with Crippen molar-refractivity contribution in [2.24, 2.45) is 0 Å². The molecule has 360 valence electrons. The average Bonchev–Trinajstić information content (AvgIpc) is 4.18. The van der Waals surface area contributed by atoms with Crippen molar-refractivity contribution in [2.75, 3.05) is 0 Å². The van der Waals surface area contributed by atoms with Crippen LogP contribution in [0.25, 0.3) is 84.3 Å². The molecule has 0 unspecified atom stereocenters. The van der Waals surface area contributed by atoms with Crippen molar-refractivity contribution in [3.63, 3.8) is 0 Å². The molecule has 0 N–H and O–H groups in total. The molecular formula is C57H30F3N9O6. The van der Waals surface area contributed by atoms with Gasteiger partial charge in [0, 0.05) is 52.0 Å². The first-order chi connectivity index (χ1) is 36.4. The van der Waals surface area contributed by atoms with E-state index >= 15 is 13.2 Å². The van der Waals surface area contributed by atoms with Gasteiger partial charge in [-0.2, -0.15) is 15.8 Å². The molecule has 10 aromatic rings. The highest BCUT2D eigenvalue weighted by Crippen LogP contribution is 2.45. The number of nitrogens with zero attached hydrogens (tertiary/aromatic N) is 9. The molecule has 75 heavy (non-hydrogen) atoms. The van der Waals surface area contributed by atoms with Crippen LogP contribution in [0.1, 0.15) is 16.7 Å². The average molecular weight is 994 g/mol. The molecule has 10 rings (SSSR count). The van der Waals surface area contributed by atoms with E-state index in [0.717, 1.165) is 36.4 Å². The van der Waals surface area contributed by atoms with Crippen molar-refractivity contribution in [1.29, 1.82) is 15.8 Å². The zero-order chi connectivity index (χ0) is 52.7. The molecule has 18 heteroatoms. The normalized spacial score (nSPS) is 10.9. The van der Waals surface area contributed by atoms with Crippen LogP contribution in [0.5, 0.6) is 17.2 Å². The lowest BCUT2D eigenvalue weighted by molar-refractivity contribution is -0.129. The molecule has 0 aliphatic carbocycles. The minimum absolute atomic E-state index is 0.0948. The molecule has 7 aromatic carbocycles. The zero-order valence-corrected chi connectivity index (χ0v) is 38.6. The Morgan fingerprint density at radius 2 is 0.680 bits per heavy atom. The van der Waals surface area contributed by atoms with E-state index in [0.29, 0.717) is 17.1 Å². The summed E-state index contributed by atoms with van der Waals surface area (Å²) in [5, 5.41) is 29.2. The van der Waals surface area contributed by atoms with E-state index in [2.05, 4.69) is 19.7 Å². The standard InChI is InChI=1S/C57H30F3N9O6/c1-4-46(70)73-40-19-13-37(14-20-40)67-52-49(64-55(67)31-7-10-34(28-61)43(58)25-31)53-51(66-57(33-9-12-36(30-63)45(60)27-33)68(53)38-15-21-41(22-16-38)74-47(71)5-2)54-50(52)65-56(32-8-11-35(29-62)44(59)26-32)69(54)39-17-23-42(24-18-39)75-48(72)6-3/h4-27H,1-3H2. The molecule has 0 aliphatic heterocycles. The van der Waals surface area contributed by atoms with Crippen molar-refractivity contribution in [1.82, 2.24) is 28.7 Å². The molecule has 3 heterocycles. The van der Waals surface area contributed by atoms with Crippen LogP contribution in [0, 0.1) is 51.4 Å². The number of carbonyl (C=O) groups excluding carboxylic acids is 3. The maximum Gasteiger partial charge on any atom is 0.335 e. The van der Waals surface area contributed by atoms with Crippen LogP contribution in [-0.4, -0.2) is 46.6 Å². The van der Waals surface area contributed by atoms with E-state index in [9.17, 15) is 30.2 Å². The molecule has 0 saturated carbocycles. The summed E-state index contributed by atoms with van der Waals surface area (Å²) in [5.41, 5.74) is 2.03. The minimum Gasteiger partial charge on any atom is -0.423 e. The predicted octanol–water partition coefficient (Wildman–Crippen LogP) is 11.0. The van der Waals surface area contributed by atoms with Crippen LogP contribution in [0.15, 0.2) is 165 Å². The van der Waals surface area contributed by atoms with Gasteiger partial charge >= 0.3 is 17.9 Å². The fraction of sp³-hybridized carbons (Fsp3) is 0. The predicted molar refractivity (Wildman–Crippen MR) is 268 cm³/mol. The van der Waals surface area contributed by atoms with Gasteiger partial charge in [-0.3, -0.25) is 13.7 Å². The summed E-state index contributed by atoms with van der Waals surface area (Å²) in [7, 11) is 0. The number of aromatic nitrogens is 6. The minimum atomic E-state index is -0.861. The van der Waals surface area contributed by atoms with Crippen LogP contribution in [0.4, 0.5) is 13.2 Å². The topological polar surface area (TPSA) is 204 Å². The second kappa shape index (κ2) is 19.2. The number of rotatable bonds is 12. The van der Waals surface area contributed by atoms with Crippen molar-refractivity contribution in [3.05, 3.63) is 200 Å². The molecule has 3 aromatic heterocycles. The monoisotopic (exact) mass is 993 g/mol. The fourth-order valence-corrected chi connectivity index (χ4v) is 8.44. The molecule has 0 aliphatic rings. The summed E-state index contributed by atoms with van der Waals surface area (Å²) < 4.78 is 68.8. The number of ether oxygens (including phenoxy) is 3. The highest BCUT2D eigenvalue weighted by molar-refractivity contribution is 6.22. The number of esters is 3. The first-order valence-electron chi connectivity index (χ1n) is 22.2. The molecular weight excluding hydrogens is 964 g/mol. The third kappa shape index (κ3) is 8.46. The Morgan fingerprint density at radius 3 is 0.893 bits per heavy atom. The first-order valence-corrected chi connectivity index (χ1v) is 22.2. The van der Waals surface area contributed by atoms with Crippen LogP contribution in [-0.2, 0) is 14.4 Å². The van der Waals surface area contributed by atoms with Gasteiger partial charge < -0.3 is 14.2 Å². The lowest BCUT2D eigenvalue weighted by Gasteiger charge is -2.13. The quantitative estimate of drug-likeness (QED) is 0.0637. The third-order valence-corrected chi connectivity index (χ3v) is 11.8. The number of hydrogen-bond acceptors (Lipinski definition) is 12. The summed E-state index contributed by atoms with van der Waals surface area (Å²) in [5.74, 6) is -4.05. The maximum atomic E-state index is 15.9. The van der Waals surface area contributed by atoms with Crippen LogP contribution in [0.3, 0.4) is 0 Å². The van der Waals surface area contributed by atoms with E-state index in [-0.39, 0.29) is 101 Å².